The van der Waals surface area contributed by atoms with Crippen LogP contribution < -0.4 is 16.0 Å². The summed E-state index contributed by atoms with van der Waals surface area (Å²) in [6.45, 7) is 1.96. The molecule has 0 aromatic heterocycles. The maximum atomic E-state index is 13.3. The van der Waals surface area contributed by atoms with E-state index in [0.717, 1.165) is 11.1 Å². The number of nitrogens with one attached hydrogen (secondary N) is 3. The lowest BCUT2D eigenvalue weighted by Crippen LogP contribution is -2.30. The summed E-state index contributed by atoms with van der Waals surface area (Å²) in [5, 5.41) is 17.5. The number of aryl methyl sites for hydroxylation is 1. The van der Waals surface area contributed by atoms with Gasteiger partial charge in [0.05, 0.1) is 16.3 Å². The van der Waals surface area contributed by atoms with Gasteiger partial charge in [0.2, 0.25) is 5.91 Å². The fraction of sp³-hybridized carbons (Fsp3) is 0.0625. The molecular formula is C32H26ClN3O5S. The number of benzene rings is 4. The average molecular weight is 600 g/mol. The fourth-order valence-corrected chi connectivity index (χ4v) is 4.70. The van der Waals surface area contributed by atoms with Crippen molar-refractivity contribution in [2.24, 2.45) is 0 Å². The van der Waals surface area contributed by atoms with Crippen LogP contribution in [0.2, 0.25) is 5.02 Å². The van der Waals surface area contributed by atoms with Crippen LogP contribution in [0, 0.1) is 6.92 Å². The minimum atomic E-state index is -1.19. The number of amides is 3. The molecule has 0 radical (unpaired) electrons. The predicted molar refractivity (Wildman–Crippen MR) is 166 cm³/mol. The Bertz CT molecular complexity index is 1660. The molecule has 0 bridgehead atoms. The number of carboxylic acid groups (broad SMARTS) is 1. The Hall–Kier alpha value is -4.86. The molecule has 0 heterocycles. The van der Waals surface area contributed by atoms with E-state index >= 15 is 0 Å². The molecule has 0 aliphatic rings. The van der Waals surface area contributed by atoms with Crippen molar-refractivity contribution in [2.45, 2.75) is 11.8 Å². The highest BCUT2D eigenvalue weighted by molar-refractivity contribution is 8.00. The van der Waals surface area contributed by atoms with E-state index in [1.165, 1.54) is 30.0 Å². The molecule has 8 nitrogen and oxygen atoms in total. The molecule has 0 unspecified atom stereocenters. The zero-order valence-electron chi connectivity index (χ0n) is 22.4. The van der Waals surface area contributed by atoms with E-state index in [9.17, 15) is 24.3 Å². The zero-order chi connectivity index (χ0) is 30.1. The van der Waals surface area contributed by atoms with Crippen LogP contribution in [-0.2, 0) is 9.59 Å². The Morgan fingerprint density at radius 3 is 2.26 bits per heavy atom. The molecule has 4 aromatic rings. The summed E-state index contributed by atoms with van der Waals surface area (Å²) in [5.41, 5.74) is 2.95. The van der Waals surface area contributed by atoms with Crippen molar-refractivity contribution in [3.05, 3.63) is 130 Å². The molecule has 10 heteroatoms. The minimum Gasteiger partial charge on any atom is -0.478 e. The molecule has 0 saturated carbocycles. The highest BCUT2D eigenvalue weighted by Crippen LogP contribution is 2.24. The Kier molecular flexibility index (Phi) is 10.1. The van der Waals surface area contributed by atoms with Gasteiger partial charge in [0, 0.05) is 21.8 Å². The van der Waals surface area contributed by atoms with Gasteiger partial charge >= 0.3 is 5.97 Å². The van der Waals surface area contributed by atoms with E-state index in [1.54, 1.807) is 60.7 Å². The van der Waals surface area contributed by atoms with E-state index in [1.807, 2.05) is 31.2 Å². The highest BCUT2D eigenvalue weighted by atomic mass is 35.5. The largest absolute Gasteiger partial charge is 0.478 e. The van der Waals surface area contributed by atoms with Crippen molar-refractivity contribution in [1.82, 2.24) is 5.32 Å². The first-order valence-corrected chi connectivity index (χ1v) is 14.1. The SMILES string of the molecule is Cc1ccc(/C=C(\NC(=O)c2ccccc2)C(=O)Nc2cccc(SCC(=O)Nc3ccc(Cl)c(C(=O)O)c3)c2)cc1. The molecule has 4 aromatic carbocycles. The number of rotatable bonds is 10. The first-order chi connectivity index (χ1) is 20.2. The Morgan fingerprint density at radius 1 is 0.833 bits per heavy atom. The number of carboxylic acids is 1. The number of carbonyl (C=O) groups excluding carboxylic acids is 3. The molecule has 212 valence electrons. The van der Waals surface area contributed by atoms with Gasteiger partial charge < -0.3 is 21.1 Å². The second-order valence-electron chi connectivity index (χ2n) is 9.11. The zero-order valence-corrected chi connectivity index (χ0v) is 24.0. The average Bonchev–Trinajstić information content (AvgIpc) is 2.98. The third-order valence-electron chi connectivity index (χ3n) is 5.86. The second-order valence-corrected chi connectivity index (χ2v) is 10.6. The monoisotopic (exact) mass is 599 g/mol. The van der Waals surface area contributed by atoms with Gasteiger partial charge in [-0.3, -0.25) is 14.4 Å². The number of carbonyl (C=O) groups is 4. The molecule has 0 spiro atoms. The van der Waals surface area contributed by atoms with E-state index in [-0.39, 0.29) is 27.9 Å². The standard InChI is InChI=1S/C32H26ClN3O5S/c1-20-10-12-21(13-11-20)16-28(36-30(38)22-6-3-2-4-7-22)31(39)35-23-8-5-9-25(17-23)42-19-29(37)34-24-14-15-27(33)26(18-24)32(40)41/h2-18H,19H2,1H3,(H,34,37)(H,35,39)(H,36,38)(H,40,41)/b28-16-. The number of halogens is 1. The van der Waals surface area contributed by atoms with Crippen molar-refractivity contribution >= 4 is 64.5 Å². The number of hydrogen-bond acceptors (Lipinski definition) is 5. The Labute approximate surface area is 251 Å². The van der Waals surface area contributed by atoms with Gasteiger partial charge in [-0.15, -0.1) is 11.8 Å². The molecule has 3 amide bonds. The van der Waals surface area contributed by atoms with Crippen LogP contribution in [0.5, 0.6) is 0 Å². The van der Waals surface area contributed by atoms with Crippen LogP contribution in [0.3, 0.4) is 0 Å². The van der Waals surface area contributed by atoms with E-state index in [4.69, 9.17) is 11.6 Å². The van der Waals surface area contributed by atoms with Crippen molar-refractivity contribution in [1.29, 1.82) is 0 Å². The molecule has 0 aliphatic heterocycles. The number of anilines is 2. The van der Waals surface area contributed by atoms with Gasteiger partial charge in [0.25, 0.3) is 11.8 Å². The summed E-state index contributed by atoms with van der Waals surface area (Å²) in [6, 6.07) is 27.3. The first-order valence-electron chi connectivity index (χ1n) is 12.7. The molecule has 4 rings (SSSR count). The molecular weight excluding hydrogens is 574 g/mol. The Balaban J connectivity index is 1.43. The van der Waals surface area contributed by atoms with Crippen molar-refractivity contribution in [3.63, 3.8) is 0 Å². The third kappa shape index (κ3) is 8.57. The van der Waals surface area contributed by atoms with E-state index in [2.05, 4.69) is 16.0 Å². The summed E-state index contributed by atoms with van der Waals surface area (Å²) in [5.74, 6) is -2.44. The van der Waals surface area contributed by atoms with Gasteiger partial charge in [-0.25, -0.2) is 4.79 Å². The summed E-state index contributed by atoms with van der Waals surface area (Å²) in [6.07, 6.45) is 1.60. The summed E-state index contributed by atoms with van der Waals surface area (Å²) >= 11 is 7.12. The van der Waals surface area contributed by atoms with Crippen LogP contribution in [0.25, 0.3) is 6.08 Å². The molecule has 0 saturated heterocycles. The van der Waals surface area contributed by atoms with Crippen molar-refractivity contribution < 1.29 is 24.3 Å². The minimum absolute atomic E-state index is 0.0359. The number of hydrogen-bond donors (Lipinski definition) is 4. The number of thioether (sulfide) groups is 1. The summed E-state index contributed by atoms with van der Waals surface area (Å²) in [7, 11) is 0. The molecule has 42 heavy (non-hydrogen) atoms. The summed E-state index contributed by atoms with van der Waals surface area (Å²) < 4.78 is 0. The molecule has 0 aliphatic carbocycles. The molecule has 0 atom stereocenters. The van der Waals surface area contributed by atoms with Gasteiger partial charge in [0.15, 0.2) is 0 Å². The van der Waals surface area contributed by atoms with Gasteiger partial charge in [-0.2, -0.15) is 0 Å². The summed E-state index contributed by atoms with van der Waals surface area (Å²) in [4.78, 5) is 50.7. The third-order valence-corrected chi connectivity index (χ3v) is 7.18. The normalized spacial score (nSPS) is 11.0. The van der Waals surface area contributed by atoms with Crippen LogP contribution >= 0.6 is 23.4 Å². The van der Waals surface area contributed by atoms with Crippen LogP contribution in [-0.4, -0.2) is 34.6 Å². The highest BCUT2D eigenvalue weighted by Gasteiger charge is 2.16. The van der Waals surface area contributed by atoms with E-state index < -0.39 is 17.8 Å². The lowest BCUT2D eigenvalue weighted by molar-refractivity contribution is -0.114. The van der Waals surface area contributed by atoms with Crippen LogP contribution in [0.15, 0.2) is 108 Å². The smallest absolute Gasteiger partial charge is 0.337 e. The molecule has 4 N–H and O–H groups in total. The maximum absolute atomic E-state index is 13.3. The van der Waals surface area contributed by atoms with E-state index in [0.29, 0.717) is 21.8 Å². The fourth-order valence-electron chi connectivity index (χ4n) is 3.75. The topological polar surface area (TPSA) is 125 Å². The van der Waals surface area contributed by atoms with Gasteiger partial charge in [-0.05, 0) is 67.1 Å². The lowest BCUT2D eigenvalue weighted by atomic mass is 10.1. The number of aromatic carboxylic acids is 1. The lowest BCUT2D eigenvalue weighted by Gasteiger charge is -2.12. The van der Waals surface area contributed by atoms with Crippen LogP contribution in [0.4, 0.5) is 11.4 Å². The second kappa shape index (κ2) is 14.2. The predicted octanol–water partition coefficient (Wildman–Crippen LogP) is 6.49. The first kappa shape index (κ1) is 30.1. The van der Waals surface area contributed by atoms with Crippen molar-refractivity contribution in [3.8, 4) is 0 Å². The van der Waals surface area contributed by atoms with Gasteiger partial charge in [0.1, 0.15) is 5.70 Å². The quantitative estimate of drug-likeness (QED) is 0.122. The van der Waals surface area contributed by atoms with Crippen LogP contribution in [0.1, 0.15) is 31.8 Å². The Morgan fingerprint density at radius 2 is 1.55 bits per heavy atom. The maximum Gasteiger partial charge on any atom is 0.337 e. The van der Waals surface area contributed by atoms with Crippen molar-refractivity contribution in [2.75, 3.05) is 16.4 Å². The molecule has 0 fully saturated rings. The van der Waals surface area contributed by atoms with Gasteiger partial charge in [-0.1, -0.05) is 65.7 Å².